The molecule has 0 saturated heterocycles. The van der Waals surface area contributed by atoms with E-state index in [0.717, 1.165) is 23.1 Å². The van der Waals surface area contributed by atoms with E-state index in [1.54, 1.807) is 7.11 Å². The van der Waals surface area contributed by atoms with E-state index in [1.165, 1.54) is 17.1 Å². The second kappa shape index (κ2) is 5.75. The fourth-order valence-corrected chi connectivity index (χ4v) is 2.09. The standard InChI is InChI=1S/C12H15N3OS/c1-9-5-3-4-6-10(9)11-14-12(17-15-11)13-7-8-16-2/h3-6H,7-8H2,1-2H3,(H,13,14,15). The third-order valence-electron chi connectivity index (χ3n) is 2.39. The van der Waals surface area contributed by atoms with Crippen LogP contribution in [0.4, 0.5) is 5.13 Å². The average Bonchev–Trinajstić information content (AvgIpc) is 2.79. The van der Waals surface area contributed by atoms with Crippen molar-refractivity contribution in [3.8, 4) is 11.4 Å². The van der Waals surface area contributed by atoms with Crippen molar-refractivity contribution in [3.63, 3.8) is 0 Å². The zero-order valence-corrected chi connectivity index (χ0v) is 10.8. The van der Waals surface area contributed by atoms with Gasteiger partial charge in [0.05, 0.1) is 6.61 Å². The largest absolute Gasteiger partial charge is 0.383 e. The van der Waals surface area contributed by atoms with Crippen LogP contribution in [0.15, 0.2) is 24.3 Å². The van der Waals surface area contributed by atoms with Gasteiger partial charge in [-0.05, 0) is 12.5 Å². The number of nitrogens with zero attached hydrogens (tertiary/aromatic N) is 2. The lowest BCUT2D eigenvalue weighted by atomic mass is 10.1. The summed E-state index contributed by atoms with van der Waals surface area (Å²) in [5.41, 5.74) is 2.28. The molecule has 4 nitrogen and oxygen atoms in total. The first-order chi connectivity index (χ1) is 8.31. The molecule has 1 N–H and O–H groups in total. The van der Waals surface area contributed by atoms with Gasteiger partial charge in [-0.3, -0.25) is 0 Å². The van der Waals surface area contributed by atoms with Crippen molar-refractivity contribution in [1.29, 1.82) is 0 Å². The minimum atomic E-state index is 0.666. The lowest BCUT2D eigenvalue weighted by Crippen LogP contribution is -2.07. The number of methoxy groups -OCH3 is 1. The van der Waals surface area contributed by atoms with E-state index >= 15 is 0 Å². The van der Waals surface area contributed by atoms with Crippen molar-refractivity contribution in [1.82, 2.24) is 9.36 Å². The van der Waals surface area contributed by atoms with Crippen molar-refractivity contribution >= 4 is 16.7 Å². The van der Waals surface area contributed by atoms with Crippen LogP contribution in [0.1, 0.15) is 5.56 Å². The molecule has 0 atom stereocenters. The summed E-state index contributed by atoms with van der Waals surface area (Å²) in [6.07, 6.45) is 0. The quantitative estimate of drug-likeness (QED) is 0.827. The summed E-state index contributed by atoms with van der Waals surface area (Å²) in [6, 6.07) is 8.12. The summed E-state index contributed by atoms with van der Waals surface area (Å²) in [4.78, 5) is 4.45. The zero-order valence-electron chi connectivity index (χ0n) is 9.93. The fourth-order valence-electron chi connectivity index (χ4n) is 1.49. The van der Waals surface area contributed by atoms with Gasteiger partial charge in [0.2, 0.25) is 5.13 Å². The fraction of sp³-hybridized carbons (Fsp3) is 0.333. The second-order valence-electron chi connectivity index (χ2n) is 3.66. The monoisotopic (exact) mass is 249 g/mol. The van der Waals surface area contributed by atoms with Crippen LogP contribution in [-0.2, 0) is 4.74 Å². The Morgan fingerprint density at radius 1 is 1.35 bits per heavy atom. The Kier molecular flexibility index (Phi) is 4.06. The summed E-state index contributed by atoms with van der Waals surface area (Å²) >= 11 is 1.38. The van der Waals surface area contributed by atoms with Crippen LogP contribution in [0, 0.1) is 6.92 Å². The van der Waals surface area contributed by atoms with Gasteiger partial charge in [-0.1, -0.05) is 24.3 Å². The van der Waals surface area contributed by atoms with Crippen molar-refractivity contribution in [3.05, 3.63) is 29.8 Å². The van der Waals surface area contributed by atoms with Gasteiger partial charge in [0, 0.05) is 30.8 Å². The minimum Gasteiger partial charge on any atom is -0.383 e. The maximum atomic E-state index is 4.97. The molecule has 2 aromatic rings. The summed E-state index contributed by atoms with van der Waals surface area (Å²) in [5.74, 6) is 0.785. The average molecular weight is 249 g/mol. The highest BCUT2D eigenvalue weighted by molar-refractivity contribution is 7.09. The highest BCUT2D eigenvalue weighted by atomic mass is 32.1. The molecule has 90 valence electrons. The van der Waals surface area contributed by atoms with Crippen molar-refractivity contribution in [2.45, 2.75) is 6.92 Å². The Labute approximate surface area is 105 Å². The van der Waals surface area contributed by atoms with Crippen LogP contribution in [0.2, 0.25) is 0 Å². The Morgan fingerprint density at radius 2 is 2.18 bits per heavy atom. The van der Waals surface area contributed by atoms with Gasteiger partial charge < -0.3 is 10.1 Å². The highest BCUT2D eigenvalue weighted by Crippen LogP contribution is 2.23. The van der Waals surface area contributed by atoms with Crippen LogP contribution in [0.5, 0.6) is 0 Å². The molecule has 1 heterocycles. The predicted octanol–water partition coefficient (Wildman–Crippen LogP) is 2.57. The molecule has 1 aromatic heterocycles. The Balaban J connectivity index is 2.10. The molecule has 0 fully saturated rings. The van der Waals surface area contributed by atoms with Gasteiger partial charge >= 0.3 is 0 Å². The lowest BCUT2D eigenvalue weighted by molar-refractivity contribution is 0.211. The molecule has 5 heteroatoms. The summed E-state index contributed by atoms with van der Waals surface area (Å²) in [7, 11) is 1.68. The number of anilines is 1. The summed E-state index contributed by atoms with van der Waals surface area (Å²) in [6.45, 7) is 3.48. The van der Waals surface area contributed by atoms with Gasteiger partial charge in [0.15, 0.2) is 5.82 Å². The van der Waals surface area contributed by atoms with Gasteiger partial charge in [-0.25, -0.2) is 0 Å². The molecular formula is C12H15N3OS. The number of aryl methyl sites for hydroxylation is 1. The normalized spacial score (nSPS) is 10.5. The minimum absolute atomic E-state index is 0.666. The SMILES string of the molecule is COCCNc1nc(-c2ccccc2C)ns1. The molecule has 2 rings (SSSR count). The maximum Gasteiger partial charge on any atom is 0.202 e. The Hall–Kier alpha value is -1.46. The maximum absolute atomic E-state index is 4.97. The molecule has 0 aliphatic carbocycles. The van der Waals surface area contributed by atoms with E-state index in [0.29, 0.717) is 6.61 Å². The van der Waals surface area contributed by atoms with E-state index in [4.69, 9.17) is 4.74 Å². The van der Waals surface area contributed by atoms with E-state index < -0.39 is 0 Å². The Bertz CT molecular complexity index is 484. The van der Waals surface area contributed by atoms with Crippen molar-refractivity contribution in [2.75, 3.05) is 25.6 Å². The Morgan fingerprint density at radius 3 is 2.94 bits per heavy atom. The molecule has 0 spiro atoms. The van der Waals surface area contributed by atoms with E-state index in [9.17, 15) is 0 Å². The molecule has 0 saturated carbocycles. The lowest BCUT2D eigenvalue weighted by Gasteiger charge is -2.00. The number of hydrogen-bond acceptors (Lipinski definition) is 5. The molecule has 0 amide bonds. The number of hydrogen-bond donors (Lipinski definition) is 1. The topological polar surface area (TPSA) is 47.0 Å². The smallest absolute Gasteiger partial charge is 0.202 e. The van der Waals surface area contributed by atoms with E-state index in [2.05, 4.69) is 27.7 Å². The molecule has 17 heavy (non-hydrogen) atoms. The predicted molar refractivity (Wildman–Crippen MR) is 70.4 cm³/mol. The summed E-state index contributed by atoms with van der Waals surface area (Å²) in [5, 5.41) is 4.01. The first-order valence-electron chi connectivity index (χ1n) is 5.44. The number of ether oxygens (including phenoxy) is 1. The van der Waals surface area contributed by atoms with E-state index in [-0.39, 0.29) is 0 Å². The van der Waals surface area contributed by atoms with Gasteiger partial charge in [-0.2, -0.15) is 9.36 Å². The van der Waals surface area contributed by atoms with Crippen LogP contribution < -0.4 is 5.32 Å². The molecule has 1 aromatic carbocycles. The number of rotatable bonds is 5. The first kappa shape index (κ1) is 12.0. The van der Waals surface area contributed by atoms with Crippen LogP contribution in [0.3, 0.4) is 0 Å². The van der Waals surface area contributed by atoms with Crippen LogP contribution in [-0.4, -0.2) is 29.6 Å². The third kappa shape index (κ3) is 3.01. The molecule has 0 aliphatic rings. The van der Waals surface area contributed by atoms with E-state index in [1.807, 2.05) is 18.2 Å². The second-order valence-corrected chi connectivity index (χ2v) is 4.41. The highest BCUT2D eigenvalue weighted by Gasteiger charge is 2.07. The molecule has 0 radical (unpaired) electrons. The molecule has 0 bridgehead atoms. The van der Waals surface area contributed by atoms with Gasteiger partial charge in [0.25, 0.3) is 0 Å². The molecular weight excluding hydrogens is 234 g/mol. The van der Waals surface area contributed by atoms with Crippen molar-refractivity contribution in [2.24, 2.45) is 0 Å². The zero-order chi connectivity index (χ0) is 12.1. The van der Waals surface area contributed by atoms with Gasteiger partial charge in [-0.15, -0.1) is 0 Å². The number of nitrogens with one attached hydrogen (secondary N) is 1. The summed E-state index contributed by atoms with van der Waals surface area (Å²) < 4.78 is 9.32. The first-order valence-corrected chi connectivity index (χ1v) is 6.21. The van der Waals surface area contributed by atoms with Crippen LogP contribution >= 0.6 is 11.5 Å². The third-order valence-corrected chi connectivity index (χ3v) is 3.07. The molecule has 0 aliphatic heterocycles. The molecule has 0 unspecified atom stereocenters. The number of aromatic nitrogens is 2. The van der Waals surface area contributed by atoms with Gasteiger partial charge in [0.1, 0.15) is 0 Å². The van der Waals surface area contributed by atoms with Crippen LogP contribution in [0.25, 0.3) is 11.4 Å². The van der Waals surface area contributed by atoms with Crippen molar-refractivity contribution < 1.29 is 4.74 Å². The number of benzene rings is 1.